The van der Waals surface area contributed by atoms with Crippen LogP contribution in [0.2, 0.25) is 0 Å². The van der Waals surface area contributed by atoms with Crippen LogP contribution in [0.1, 0.15) is 55.4 Å². The van der Waals surface area contributed by atoms with Crippen molar-refractivity contribution < 1.29 is 9.53 Å². The molecule has 2 saturated heterocycles. The molecule has 1 atom stereocenters. The summed E-state index contributed by atoms with van der Waals surface area (Å²) in [7, 11) is 0. The summed E-state index contributed by atoms with van der Waals surface area (Å²) in [5.74, 6) is 1.08. The molecule has 0 radical (unpaired) electrons. The summed E-state index contributed by atoms with van der Waals surface area (Å²) in [5, 5.41) is 1.22. The summed E-state index contributed by atoms with van der Waals surface area (Å²) in [6.07, 6.45) is 7.87. The first-order valence-electron chi connectivity index (χ1n) is 12.6. The fourth-order valence-corrected chi connectivity index (χ4v) is 5.72. The van der Waals surface area contributed by atoms with Gasteiger partial charge in [-0.3, -0.25) is 4.79 Å². The first-order chi connectivity index (χ1) is 16.6. The second-order valence-electron chi connectivity index (χ2n) is 9.70. The van der Waals surface area contributed by atoms with Crippen LogP contribution in [0.3, 0.4) is 0 Å². The first kappa shape index (κ1) is 23.4. The normalized spacial score (nSPS) is 19.7. The number of fused-ring (bicyclic) bond motifs is 1. The molecule has 0 spiro atoms. The van der Waals surface area contributed by atoms with Crippen molar-refractivity contribution >= 4 is 32.7 Å². The number of amides is 1. The van der Waals surface area contributed by atoms with Gasteiger partial charge in [-0.15, -0.1) is 0 Å². The predicted octanol–water partition coefficient (Wildman–Crippen LogP) is 6.13. The van der Waals surface area contributed by atoms with Crippen molar-refractivity contribution in [3.05, 3.63) is 64.8 Å². The van der Waals surface area contributed by atoms with E-state index < -0.39 is 0 Å². The highest BCUT2D eigenvalue weighted by Gasteiger charge is 2.25. The Bertz CT molecular complexity index is 1120. The molecule has 34 heavy (non-hydrogen) atoms. The maximum atomic E-state index is 12.8. The van der Waals surface area contributed by atoms with E-state index in [1.165, 1.54) is 30.3 Å². The van der Waals surface area contributed by atoms with E-state index in [0.717, 1.165) is 67.3 Å². The van der Waals surface area contributed by atoms with Crippen molar-refractivity contribution in [2.75, 3.05) is 32.8 Å². The van der Waals surface area contributed by atoms with Crippen LogP contribution in [0.25, 0.3) is 10.9 Å². The Hall–Kier alpha value is -2.31. The van der Waals surface area contributed by atoms with E-state index in [0.29, 0.717) is 6.04 Å². The monoisotopic (exact) mass is 523 g/mol. The summed E-state index contributed by atoms with van der Waals surface area (Å²) in [6, 6.07) is 17.4. The number of nitrogens with zero attached hydrogens (tertiary/aromatic N) is 3. The van der Waals surface area contributed by atoms with Gasteiger partial charge in [0.1, 0.15) is 5.75 Å². The predicted molar refractivity (Wildman–Crippen MR) is 141 cm³/mol. The van der Waals surface area contributed by atoms with Gasteiger partial charge in [0.2, 0.25) is 0 Å². The molecule has 2 aromatic carbocycles. The molecular weight excluding hydrogens is 490 g/mol. The molecule has 2 fully saturated rings. The molecule has 6 heteroatoms. The average molecular weight is 525 g/mol. The largest absolute Gasteiger partial charge is 0.494 e. The smallest absolute Gasteiger partial charge is 0.253 e. The number of hydrogen-bond donors (Lipinski definition) is 0. The molecule has 5 rings (SSSR count). The fraction of sp³-hybridized carbons (Fsp3) is 0.464. The highest BCUT2D eigenvalue weighted by Crippen LogP contribution is 2.30. The summed E-state index contributed by atoms with van der Waals surface area (Å²) in [5.41, 5.74) is 2.01. The number of likely N-dealkylation sites (tertiary alicyclic amines) is 2. The summed E-state index contributed by atoms with van der Waals surface area (Å²) < 4.78 is 9.45. The van der Waals surface area contributed by atoms with Crippen molar-refractivity contribution in [2.24, 2.45) is 0 Å². The minimum absolute atomic E-state index is 0.129. The molecule has 0 unspecified atom stereocenters. The number of ether oxygens (including phenoxy) is 1. The molecule has 1 aromatic heterocycles. The van der Waals surface area contributed by atoms with Gasteiger partial charge in [-0.1, -0.05) is 15.9 Å². The van der Waals surface area contributed by atoms with Gasteiger partial charge >= 0.3 is 0 Å². The van der Waals surface area contributed by atoms with Gasteiger partial charge in [-0.25, -0.2) is 0 Å². The molecule has 2 aliphatic heterocycles. The highest BCUT2D eigenvalue weighted by atomic mass is 79.9. The molecular formula is C28H34BrN3O2. The first-order valence-corrected chi connectivity index (χ1v) is 13.4. The number of hydrogen-bond acceptors (Lipinski definition) is 3. The van der Waals surface area contributed by atoms with Gasteiger partial charge < -0.3 is 19.1 Å². The second-order valence-corrected chi connectivity index (χ2v) is 10.6. The van der Waals surface area contributed by atoms with Crippen LogP contribution < -0.4 is 4.74 Å². The lowest BCUT2D eigenvalue weighted by Crippen LogP contribution is -2.38. The Kier molecular flexibility index (Phi) is 7.26. The molecule has 2 aliphatic rings. The minimum atomic E-state index is 0.129. The Morgan fingerprint density at radius 1 is 1.03 bits per heavy atom. The van der Waals surface area contributed by atoms with Gasteiger partial charge in [0.15, 0.2) is 0 Å². The lowest BCUT2D eigenvalue weighted by Gasteiger charge is -2.33. The number of carbonyl (C=O) groups is 1. The Morgan fingerprint density at radius 3 is 2.56 bits per heavy atom. The molecule has 0 N–H and O–H groups in total. The van der Waals surface area contributed by atoms with E-state index in [2.05, 4.69) is 62.8 Å². The summed E-state index contributed by atoms with van der Waals surface area (Å²) in [4.78, 5) is 17.4. The Labute approximate surface area is 210 Å². The van der Waals surface area contributed by atoms with Crippen LogP contribution in [0, 0.1) is 0 Å². The molecule has 5 nitrogen and oxygen atoms in total. The number of halogens is 1. The van der Waals surface area contributed by atoms with E-state index in [-0.39, 0.29) is 5.91 Å². The number of benzene rings is 2. The van der Waals surface area contributed by atoms with Crippen LogP contribution in [0.4, 0.5) is 0 Å². The molecule has 0 aliphatic carbocycles. The maximum absolute atomic E-state index is 12.8. The third-order valence-corrected chi connectivity index (χ3v) is 8.01. The van der Waals surface area contributed by atoms with Gasteiger partial charge in [0.05, 0.1) is 6.61 Å². The standard InChI is InChI=1S/C28H34BrN3O2/c1-21-4-2-14-30(21)15-3-19-34-26-9-10-27-23(20-26)11-18-32(27)25-12-16-31(17-13-25)28(33)22-5-7-24(29)8-6-22/h5-11,18,20-21,25H,2-4,12-17,19H2,1H3/t21-/m1/s1. The van der Waals surface area contributed by atoms with Gasteiger partial charge in [-0.05, 0) is 94.1 Å². The molecule has 3 aromatic rings. The maximum Gasteiger partial charge on any atom is 0.253 e. The van der Waals surface area contributed by atoms with Crippen LogP contribution >= 0.6 is 15.9 Å². The van der Waals surface area contributed by atoms with Crippen molar-refractivity contribution in [2.45, 2.75) is 51.1 Å². The molecule has 0 bridgehead atoms. The van der Waals surface area contributed by atoms with E-state index in [9.17, 15) is 4.79 Å². The van der Waals surface area contributed by atoms with Crippen LogP contribution in [0.15, 0.2) is 59.2 Å². The SMILES string of the molecule is C[C@@H]1CCCN1CCCOc1ccc2c(ccn2C2CCN(C(=O)c3ccc(Br)cc3)CC2)c1. The van der Waals surface area contributed by atoms with Crippen LogP contribution in [-0.2, 0) is 0 Å². The topological polar surface area (TPSA) is 37.7 Å². The number of carbonyl (C=O) groups excluding carboxylic acids is 1. The molecule has 180 valence electrons. The fourth-order valence-electron chi connectivity index (χ4n) is 5.46. The van der Waals surface area contributed by atoms with Crippen molar-refractivity contribution in [1.82, 2.24) is 14.4 Å². The van der Waals surface area contributed by atoms with Gasteiger partial charge in [0, 0.05) is 58.9 Å². The zero-order valence-electron chi connectivity index (χ0n) is 20.0. The van der Waals surface area contributed by atoms with E-state index in [1.807, 2.05) is 29.2 Å². The molecule has 0 saturated carbocycles. The van der Waals surface area contributed by atoms with Gasteiger partial charge in [0.25, 0.3) is 5.91 Å². The van der Waals surface area contributed by atoms with Crippen molar-refractivity contribution in [1.29, 1.82) is 0 Å². The molecule has 1 amide bonds. The van der Waals surface area contributed by atoms with Crippen molar-refractivity contribution in [3.63, 3.8) is 0 Å². The van der Waals surface area contributed by atoms with Crippen LogP contribution in [0.5, 0.6) is 5.75 Å². The van der Waals surface area contributed by atoms with E-state index >= 15 is 0 Å². The lowest BCUT2D eigenvalue weighted by atomic mass is 10.0. The Morgan fingerprint density at radius 2 is 1.82 bits per heavy atom. The van der Waals surface area contributed by atoms with Gasteiger partial charge in [-0.2, -0.15) is 0 Å². The summed E-state index contributed by atoms with van der Waals surface area (Å²) in [6.45, 7) is 7.03. The third-order valence-electron chi connectivity index (χ3n) is 7.48. The summed E-state index contributed by atoms with van der Waals surface area (Å²) >= 11 is 3.44. The minimum Gasteiger partial charge on any atom is -0.494 e. The number of aromatic nitrogens is 1. The number of piperidine rings is 1. The highest BCUT2D eigenvalue weighted by molar-refractivity contribution is 9.10. The van der Waals surface area contributed by atoms with E-state index in [1.54, 1.807) is 0 Å². The van der Waals surface area contributed by atoms with Crippen molar-refractivity contribution in [3.8, 4) is 5.75 Å². The average Bonchev–Trinajstić information content (AvgIpc) is 3.47. The Balaban J connectivity index is 1.15. The second kappa shape index (κ2) is 10.5. The third kappa shape index (κ3) is 5.18. The zero-order chi connectivity index (χ0) is 23.5. The van der Waals surface area contributed by atoms with Crippen LogP contribution in [-0.4, -0.2) is 59.1 Å². The number of rotatable bonds is 7. The lowest BCUT2D eigenvalue weighted by molar-refractivity contribution is 0.0696. The quantitative estimate of drug-likeness (QED) is 0.349. The molecule has 3 heterocycles. The zero-order valence-corrected chi connectivity index (χ0v) is 21.5. The van der Waals surface area contributed by atoms with E-state index in [4.69, 9.17) is 4.74 Å².